The highest BCUT2D eigenvalue weighted by Crippen LogP contribution is 2.10. The molecule has 0 radical (unpaired) electrons. The molecule has 0 N–H and O–H groups in total. The molecule has 1 aromatic rings. The Morgan fingerprint density at radius 1 is 0.645 bits per heavy atom. The fourth-order valence-electron chi connectivity index (χ4n) is 3.04. The highest BCUT2D eigenvalue weighted by atomic mass is 16.6. The molecule has 6 nitrogen and oxygen atoms in total. The maximum absolute atomic E-state index is 11.7. The van der Waals surface area contributed by atoms with Crippen molar-refractivity contribution in [1.82, 2.24) is 0 Å². The van der Waals surface area contributed by atoms with Gasteiger partial charge in [-0.1, -0.05) is 76.5 Å². The largest absolute Gasteiger partial charge is 0.463 e. The molecule has 0 aliphatic heterocycles. The SMILES string of the molecule is CCCCCCCCCCCC(=O)OCCOCCOCCOC(=O)c1ccccc1. The molecule has 0 spiro atoms. The molecule has 0 bridgehead atoms. The Hall–Kier alpha value is -1.92. The van der Waals surface area contributed by atoms with Crippen LogP contribution in [0, 0.1) is 0 Å². The summed E-state index contributed by atoms with van der Waals surface area (Å²) < 4.78 is 21.0. The number of carbonyl (C=O) groups is 2. The fourth-order valence-corrected chi connectivity index (χ4v) is 3.04. The molecule has 0 unspecified atom stereocenters. The van der Waals surface area contributed by atoms with Crippen LogP contribution < -0.4 is 0 Å². The van der Waals surface area contributed by atoms with E-state index in [0.717, 1.165) is 12.8 Å². The van der Waals surface area contributed by atoms with E-state index in [1.807, 2.05) is 6.07 Å². The molecular weight excluding hydrogens is 396 g/mol. The van der Waals surface area contributed by atoms with Gasteiger partial charge in [-0.3, -0.25) is 4.79 Å². The lowest BCUT2D eigenvalue weighted by Gasteiger charge is -2.08. The van der Waals surface area contributed by atoms with Crippen LogP contribution in [0.2, 0.25) is 0 Å². The van der Waals surface area contributed by atoms with Crippen molar-refractivity contribution in [2.24, 2.45) is 0 Å². The van der Waals surface area contributed by atoms with Gasteiger partial charge in [0.2, 0.25) is 0 Å². The van der Waals surface area contributed by atoms with E-state index in [1.54, 1.807) is 24.3 Å². The van der Waals surface area contributed by atoms with E-state index < -0.39 is 0 Å². The highest BCUT2D eigenvalue weighted by Gasteiger charge is 2.05. The average molecular weight is 437 g/mol. The zero-order chi connectivity index (χ0) is 22.4. The fraction of sp³-hybridized carbons (Fsp3) is 0.680. The summed E-state index contributed by atoms with van der Waals surface area (Å²) in [5, 5.41) is 0. The minimum atomic E-state index is -0.357. The van der Waals surface area contributed by atoms with Crippen LogP contribution in [0.5, 0.6) is 0 Å². The molecule has 0 saturated carbocycles. The van der Waals surface area contributed by atoms with E-state index in [0.29, 0.717) is 38.4 Å². The van der Waals surface area contributed by atoms with Crippen molar-refractivity contribution >= 4 is 11.9 Å². The number of esters is 2. The van der Waals surface area contributed by atoms with Gasteiger partial charge in [0.15, 0.2) is 0 Å². The summed E-state index contributed by atoms with van der Waals surface area (Å²) in [7, 11) is 0. The number of carbonyl (C=O) groups excluding carboxylic acids is 2. The normalized spacial score (nSPS) is 10.7. The molecule has 0 aromatic heterocycles. The number of benzene rings is 1. The van der Waals surface area contributed by atoms with E-state index in [9.17, 15) is 9.59 Å². The van der Waals surface area contributed by atoms with Crippen LogP contribution in [-0.2, 0) is 23.7 Å². The lowest BCUT2D eigenvalue weighted by molar-refractivity contribution is -0.145. The van der Waals surface area contributed by atoms with Crippen molar-refractivity contribution in [3.63, 3.8) is 0 Å². The van der Waals surface area contributed by atoms with Crippen LogP contribution in [0.3, 0.4) is 0 Å². The van der Waals surface area contributed by atoms with Gasteiger partial charge in [0.25, 0.3) is 0 Å². The second kappa shape index (κ2) is 20.0. The van der Waals surface area contributed by atoms with E-state index >= 15 is 0 Å². The average Bonchev–Trinajstić information content (AvgIpc) is 2.79. The van der Waals surface area contributed by atoms with Crippen molar-refractivity contribution in [2.45, 2.75) is 71.1 Å². The minimum absolute atomic E-state index is 0.150. The van der Waals surface area contributed by atoms with Gasteiger partial charge >= 0.3 is 11.9 Å². The lowest BCUT2D eigenvalue weighted by Crippen LogP contribution is -2.15. The molecule has 0 aliphatic carbocycles. The summed E-state index contributed by atoms with van der Waals surface area (Å²) >= 11 is 0. The first-order valence-electron chi connectivity index (χ1n) is 11.8. The van der Waals surface area contributed by atoms with Crippen LogP contribution in [0.15, 0.2) is 30.3 Å². The van der Waals surface area contributed by atoms with Crippen molar-refractivity contribution in [1.29, 1.82) is 0 Å². The third-order valence-corrected chi connectivity index (χ3v) is 4.82. The van der Waals surface area contributed by atoms with Crippen LogP contribution >= 0.6 is 0 Å². The minimum Gasteiger partial charge on any atom is -0.463 e. The quantitative estimate of drug-likeness (QED) is 0.203. The maximum atomic E-state index is 11.7. The second-order valence-electron chi connectivity index (χ2n) is 7.53. The first-order chi connectivity index (χ1) is 15.2. The summed E-state index contributed by atoms with van der Waals surface area (Å²) in [4.78, 5) is 23.4. The zero-order valence-corrected chi connectivity index (χ0v) is 19.1. The standard InChI is InChI=1S/C25H40O6/c1-2-3-4-5-6-7-8-9-13-16-24(26)30-21-19-28-17-18-29-20-22-31-25(27)23-14-11-10-12-15-23/h10-12,14-15H,2-9,13,16-22H2,1H3. The van der Waals surface area contributed by atoms with Gasteiger partial charge < -0.3 is 18.9 Å². The first-order valence-corrected chi connectivity index (χ1v) is 11.8. The summed E-state index contributed by atoms with van der Waals surface area (Å²) in [6.07, 6.45) is 11.6. The topological polar surface area (TPSA) is 71.1 Å². The number of hydrogen-bond acceptors (Lipinski definition) is 6. The molecule has 6 heteroatoms. The number of ether oxygens (including phenoxy) is 4. The van der Waals surface area contributed by atoms with Crippen molar-refractivity contribution in [2.75, 3.05) is 39.6 Å². The molecular formula is C25H40O6. The first kappa shape index (κ1) is 27.1. The molecule has 0 aliphatic rings. The highest BCUT2D eigenvalue weighted by molar-refractivity contribution is 5.89. The zero-order valence-electron chi connectivity index (χ0n) is 19.1. The van der Waals surface area contributed by atoms with Crippen LogP contribution in [0.25, 0.3) is 0 Å². The summed E-state index contributed by atoms with van der Waals surface area (Å²) in [6.45, 7) is 4.18. The Morgan fingerprint density at radius 2 is 1.16 bits per heavy atom. The maximum Gasteiger partial charge on any atom is 0.338 e. The molecule has 31 heavy (non-hydrogen) atoms. The van der Waals surface area contributed by atoms with E-state index in [-0.39, 0.29) is 25.2 Å². The molecule has 0 fully saturated rings. The van der Waals surface area contributed by atoms with Crippen LogP contribution in [0.1, 0.15) is 81.5 Å². The predicted octanol–water partition coefficient (Wildman–Crippen LogP) is 5.34. The molecule has 0 atom stereocenters. The van der Waals surface area contributed by atoms with Gasteiger partial charge in [-0.2, -0.15) is 0 Å². The third kappa shape index (κ3) is 16.4. The van der Waals surface area contributed by atoms with Gasteiger partial charge in [0.1, 0.15) is 13.2 Å². The Balaban J connectivity index is 1.79. The van der Waals surface area contributed by atoms with E-state index in [2.05, 4.69) is 6.92 Å². The number of unbranched alkanes of at least 4 members (excludes halogenated alkanes) is 8. The van der Waals surface area contributed by atoms with E-state index in [4.69, 9.17) is 18.9 Å². The molecule has 1 rings (SSSR count). The Kier molecular flexibility index (Phi) is 17.5. The molecule has 0 heterocycles. The molecule has 0 amide bonds. The van der Waals surface area contributed by atoms with Crippen molar-refractivity contribution in [3.8, 4) is 0 Å². The number of rotatable bonds is 20. The number of hydrogen-bond donors (Lipinski definition) is 0. The van der Waals surface area contributed by atoms with Gasteiger partial charge in [-0.15, -0.1) is 0 Å². The molecule has 176 valence electrons. The Bertz CT molecular complexity index is 560. The Morgan fingerprint density at radius 3 is 1.77 bits per heavy atom. The van der Waals surface area contributed by atoms with Crippen molar-refractivity contribution < 1.29 is 28.5 Å². The molecule has 0 saturated heterocycles. The third-order valence-electron chi connectivity index (χ3n) is 4.82. The summed E-state index contributed by atoms with van der Waals surface area (Å²) in [5.41, 5.74) is 0.526. The van der Waals surface area contributed by atoms with Gasteiger partial charge in [0.05, 0.1) is 32.0 Å². The second-order valence-corrected chi connectivity index (χ2v) is 7.53. The van der Waals surface area contributed by atoms with Crippen LogP contribution in [0.4, 0.5) is 0 Å². The predicted molar refractivity (Wildman–Crippen MR) is 121 cm³/mol. The molecule has 1 aromatic carbocycles. The van der Waals surface area contributed by atoms with E-state index in [1.165, 1.54) is 44.9 Å². The van der Waals surface area contributed by atoms with Gasteiger partial charge in [-0.25, -0.2) is 4.79 Å². The smallest absolute Gasteiger partial charge is 0.338 e. The monoisotopic (exact) mass is 436 g/mol. The summed E-state index contributed by atoms with van der Waals surface area (Å²) in [5.74, 6) is -0.507. The van der Waals surface area contributed by atoms with Crippen molar-refractivity contribution in [3.05, 3.63) is 35.9 Å². The summed E-state index contributed by atoms with van der Waals surface area (Å²) in [6, 6.07) is 8.84. The van der Waals surface area contributed by atoms with Crippen LogP contribution in [-0.4, -0.2) is 51.6 Å². The lowest BCUT2D eigenvalue weighted by atomic mass is 10.1. The van der Waals surface area contributed by atoms with Gasteiger partial charge in [0, 0.05) is 6.42 Å². The van der Waals surface area contributed by atoms with Gasteiger partial charge in [-0.05, 0) is 18.6 Å². The Labute approximate surface area is 187 Å².